The lowest BCUT2D eigenvalue weighted by Gasteiger charge is -2.19. The van der Waals surface area contributed by atoms with Gasteiger partial charge in [0.2, 0.25) is 0 Å². The number of nitrogens with two attached hydrogens (primary N) is 1. The van der Waals surface area contributed by atoms with Crippen LogP contribution in [0.4, 0.5) is 0 Å². The zero-order valence-corrected chi connectivity index (χ0v) is 10.5. The van der Waals surface area contributed by atoms with E-state index in [4.69, 9.17) is 15.2 Å². The fourth-order valence-electron chi connectivity index (χ4n) is 1.61. The van der Waals surface area contributed by atoms with E-state index in [-0.39, 0.29) is 12.1 Å². The van der Waals surface area contributed by atoms with Gasteiger partial charge in [0.05, 0.1) is 6.61 Å². The van der Waals surface area contributed by atoms with Crippen LogP contribution in [0.1, 0.15) is 31.0 Å². The molecule has 0 heterocycles. The second kappa shape index (κ2) is 5.87. The van der Waals surface area contributed by atoms with Crippen molar-refractivity contribution in [2.24, 2.45) is 5.73 Å². The molecule has 0 aliphatic rings. The SMILES string of the molecule is COCC(C)Oc1cc(C)ccc1[C@H](C)N. The molecule has 0 amide bonds. The van der Waals surface area contributed by atoms with Crippen molar-refractivity contribution in [1.29, 1.82) is 0 Å². The highest BCUT2D eigenvalue weighted by Crippen LogP contribution is 2.26. The van der Waals surface area contributed by atoms with Crippen LogP contribution in [0.2, 0.25) is 0 Å². The third-order valence-electron chi connectivity index (χ3n) is 2.39. The molecule has 0 spiro atoms. The second-order valence-corrected chi connectivity index (χ2v) is 4.21. The Morgan fingerprint density at radius 3 is 2.56 bits per heavy atom. The second-order valence-electron chi connectivity index (χ2n) is 4.21. The van der Waals surface area contributed by atoms with E-state index in [1.807, 2.05) is 39.0 Å². The molecule has 1 unspecified atom stereocenters. The molecule has 3 heteroatoms. The maximum Gasteiger partial charge on any atom is 0.124 e. The van der Waals surface area contributed by atoms with Gasteiger partial charge in [-0.1, -0.05) is 12.1 Å². The van der Waals surface area contributed by atoms with E-state index in [9.17, 15) is 0 Å². The lowest BCUT2D eigenvalue weighted by Crippen LogP contribution is -2.19. The summed E-state index contributed by atoms with van der Waals surface area (Å²) < 4.78 is 10.9. The zero-order valence-electron chi connectivity index (χ0n) is 10.5. The number of hydrogen-bond donors (Lipinski definition) is 1. The smallest absolute Gasteiger partial charge is 0.124 e. The summed E-state index contributed by atoms with van der Waals surface area (Å²) in [5.41, 5.74) is 8.11. The molecule has 1 aromatic rings. The van der Waals surface area contributed by atoms with Gasteiger partial charge in [0.25, 0.3) is 0 Å². The lowest BCUT2D eigenvalue weighted by atomic mass is 10.1. The third-order valence-corrected chi connectivity index (χ3v) is 2.39. The van der Waals surface area contributed by atoms with E-state index in [2.05, 4.69) is 0 Å². The van der Waals surface area contributed by atoms with Crippen LogP contribution in [0.3, 0.4) is 0 Å². The van der Waals surface area contributed by atoms with Crippen molar-refractivity contribution in [3.63, 3.8) is 0 Å². The number of aryl methyl sites for hydroxylation is 1. The van der Waals surface area contributed by atoms with E-state index >= 15 is 0 Å². The predicted octanol–water partition coefficient (Wildman–Crippen LogP) is 2.43. The Balaban J connectivity index is 2.87. The number of rotatable bonds is 5. The average molecular weight is 223 g/mol. The average Bonchev–Trinajstić information content (AvgIpc) is 2.17. The summed E-state index contributed by atoms with van der Waals surface area (Å²) in [4.78, 5) is 0. The first-order valence-electron chi connectivity index (χ1n) is 5.56. The van der Waals surface area contributed by atoms with Crippen molar-refractivity contribution in [2.45, 2.75) is 32.9 Å². The number of benzene rings is 1. The van der Waals surface area contributed by atoms with Crippen LogP contribution in [0, 0.1) is 6.92 Å². The van der Waals surface area contributed by atoms with Gasteiger partial charge >= 0.3 is 0 Å². The molecule has 0 aliphatic heterocycles. The van der Waals surface area contributed by atoms with Gasteiger partial charge in [0, 0.05) is 18.7 Å². The molecule has 90 valence electrons. The summed E-state index contributed by atoms with van der Waals surface area (Å²) in [5, 5.41) is 0. The van der Waals surface area contributed by atoms with Gasteiger partial charge in [0.1, 0.15) is 11.9 Å². The van der Waals surface area contributed by atoms with Crippen LogP contribution >= 0.6 is 0 Å². The summed E-state index contributed by atoms with van der Waals surface area (Å²) in [7, 11) is 1.67. The van der Waals surface area contributed by atoms with E-state index in [0.29, 0.717) is 6.61 Å². The summed E-state index contributed by atoms with van der Waals surface area (Å²) in [6, 6.07) is 6.07. The Bertz CT molecular complexity index is 337. The van der Waals surface area contributed by atoms with Crippen LogP contribution in [0.15, 0.2) is 18.2 Å². The van der Waals surface area contributed by atoms with E-state index in [1.54, 1.807) is 7.11 Å². The minimum Gasteiger partial charge on any atom is -0.488 e. The minimum absolute atomic E-state index is 0.0228. The Labute approximate surface area is 97.6 Å². The normalized spacial score (nSPS) is 14.6. The summed E-state index contributed by atoms with van der Waals surface area (Å²) in [6.07, 6.45) is 0.0318. The fraction of sp³-hybridized carbons (Fsp3) is 0.538. The van der Waals surface area contributed by atoms with Crippen LogP contribution in [-0.4, -0.2) is 19.8 Å². The summed E-state index contributed by atoms with van der Waals surface area (Å²) in [5.74, 6) is 0.861. The minimum atomic E-state index is -0.0228. The van der Waals surface area contributed by atoms with Crippen LogP contribution in [0.25, 0.3) is 0 Å². The predicted molar refractivity (Wildman–Crippen MR) is 65.7 cm³/mol. The standard InChI is InChI=1S/C13H21NO2/c1-9-5-6-12(11(3)14)13(7-9)16-10(2)8-15-4/h5-7,10-11H,8,14H2,1-4H3/t10?,11-/m0/s1. The first-order valence-corrected chi connectivity index (χ1v) is 5.56. The Morgan fingerprint density at radius 2 is 2.00 bits per heavy atom. The number of hydrogen-bond acceptors (Lipinski definition) is 3. The molecule has 2 N–H and O–H groups in total. The fourth-order valence-corrected chi connectivity index (χ4v) is 1.61. The van der Waals surface area contributed by atoms with Gasteiger partial charge in [-0.2, -0.15) is 0 Å². The molecule has 0 saturated carbocycles. The first-order chi connectivity index (χ1) is 7.54. The number of ether oxygens (including phenoxy) is 2. The third kappa shape index (κ3) is 3.51. The van der Waals surface area contributed by atoms with Gasteiger partial charge in [-0.05, 0) is 32.4 Å². The van der Waals surface area contributed by atoms with Crippen LogP contribution in [-0.2, 0) is 4.74 Å². The molecule has 0 bridgehead atoms. The monoisotopic (exact) mass is 223 g/mol. The van der Waals surface area contributed by atoms with Crippen molar-refractivity contribution >= 4 is 0 Å². The number of methoxy groups -OCH3 is 1. The van der Waals surface area contributed by atoms with E-state index in [1.165, 1.54) is 5.56 Å². The van der Waals surface area contributed by atoms with Gasteiger partial charge in [-0.25, -0.2) is 0 Å². The highest BCUT2D eigenvalue weighted by Gasteiger charge is 2.11. The quantitative estimate of drug-likeness (QED) is 0.833. The highest BCUT2D eigenvalue weighted by atomic mass is 16.5. The Hall–Kier alpha value is -1.06. The van der Waals surface area contributed by atoms with Crippen LogP contribution < -0.4 is 10.5 Å². The van der Waals surface area contributed by atoms with Crippen molar-refractivity contribution < 1.29 is 9.47 Å². The van der Waals surface area contributed by atoms with Crippen molar-refractivity contribution in [1.82, 2.24) is 0 Å². The topological polar surface area (TPSA) is 44.5 Å². The maximum absolute atomic E-state index is 5.90. The highest BCUT2D eigenvalue weighted by molar-refractivity contribution is 5.39. The molecule has 1 aromatic carbocycles. The molecular formula is C13H21NO2. The summed E-state index contributed by atoms with van der Waals surface area (Å²) >= 11 is 0. The lowest BCUT2D eigenvalue weighted by molar-refractivity contribution is 0.0912. The first kappa shape index (κ1) is 13.0. The molecule has 0 aliphatic carbocycles. The maximum atomic E-state index is 5.90. The van der Waals surface area contributed by atoms with Gasteiger partial charge in [-0.15, -0.1) is 0 Å². The molecule has 16 heavy (non-hydrogen) atoms. The van der Waals surface area contributed by atoms with Gasteiger partial charge in [0.15, 0.2) is 0 Å². The van der Waals surface area contributed by atoms with Crippen LogP contribution in [0.5, 0.6) is 5.75 Å². The molecule has 0 fully saturated rings. The molecule has 0 aromatic heterocycles. The Kier molecular flexibility index (Phi) is 4.77. The molecule has 0 saturated heterocycles. The molecule has 2 atom stereocenters. The summed E-state index contributed by atoms with van der Waals surface area (Å²) in [6.45, 7) is 6.56. The molecule has 3 nitrogen and oxygen atoms in total. The van der Waals surface area contributed by atoms with E-state index < -0.39 is 0 Å². The molecular weight excluding hydrogens is 202 g/mol. The van der Waals surface area contributed by atoms with Gasteiger partial charge < -0.3 is 15.2 Å². The Morgan fingerprint density at radius 1 is 1.31 bits per heavy atom. The van der Waals surface area contributed by atoms with Crippen molar-refractivity contribution in [3.05, 3.63) is 29.3 Å². The van der Waals surface area contributed by atoms with Crippen molar-refractivity contribution in [3.8, 4) is 5.75 Å². The molecule has 0 radical (unpaired) electrons. The van der Waals surface area contributed by atoms with Crippen molar-refractivity contribution in [2.75, 3.05) is 13.7 Å². The van der Waals surface area contributed by atoms with Gasteiger partial charge in [-0.3, -0.25) is 0 Å². The molecule has 1 rings (SSSR count). The van der Waals surface area contributed by atoms with E-state index in [0.717, 1.165) is 11.3 Å². The zero-order chi connectivity index (χ0) is 12.1. The largest absolute Gasteiger partial charge is 0.488 e.